The number of rotatable bonds is 6. The maximum Gasteiger partial charge on any atom is 0.255 e. The molecule has 22 heavy (non-hydrogen) atoms. The third kappa shape index (κ3) is 3.95. The summed E-state index contributed by atoms with van der Waals surface area (Å²) in [6.45, 7) is 2.98. The van der Waals surface area contributed by atoms with Crippen molar-refractivity contribution in [2.24, 2.45) is 5.73 Å². The number of benzene rings is 1. The number of aromatic nitrogens is 1. The average Bonchev–Trinajstić information content (AvgIpc) is 2.52. The van der Waals surface area contributed by atoms with E-state index in [4.69, 9.17) is 16.2 Å². The molecule has 0 unspecified atom stereocenters. The van der Waals surface area contributed by atoms with E-state index in [0.29, 0.717) is 36.8 Å². The highest BCUT2D eigenvalue weighted by atomic mass is 16.5. The van der Waals surface area contributed by atoms with Crippen molar-refractivity contribution in [2.45, 2.75) is 13.5 Å². The highest BCUT2D eigenvalue weighted by Gasteiger charge is 2.13. The zero-order chi connectivity index (χ0) is 15.9. The van der Waals surface area contributed by atoms with Gasteiger partial charge in [0.05, 0.1) is 5.56 Å². The van der Waals surface area contributed by atoms with Gasteiger partial charge in [0, 0.05) is 24.8 Å². The summed E-state index contributed by atoms with van der Waals surface area (Å²) in [5.74, 6) is 0.707. The number of hydrogen-bond donors (Lipinski definition) is 3. The topological polar surface area (TPSA) is 103 Å². The first-order chi connectivity index (χ1) is 10.6. The first-order valence-corrected chi connectivity index (χ1v) is 7.03. The molecule has 6 nitrogen and oxygen atoms in total. The molecule has 0 aliphatic rings. The number of anilines is 1. The van der Waals surface area contributed by atoms with Gasteiger partial charge < -0.3 is 21.5 Å². The highest BCUT2D eigenvalue weighted by Crippen LogP contribution is 2.20. The molecule has 0 aliphatic carbocycles. The number of hydrogen-bond acceptors (Lipinski definition) is 5. The second-order valence-corrected chi connectivity index (χ2v) is 4.87. The van der Waals surface area contributed by atoms with E-state index in [0.717, 1.165) is 11.1 Å². The SMILES string of the molecule is Cc1ccc(OCCN)c(C(=O)NCc2cccnc2N)c1. The fourth-order valence-electron chi connectivity index (χ4n) is 1.99. The summed E-state index contributed by atoms with van der Waals surface area (Å²) >= 11 is 0. The number of pyridine rings is 1. The van der Waals surface area contributed by atoms with Crippen LogP contribution in [0.1, 0.15) is 21.5 Å². The second-order valence-electron chi connectivity index (χ2n) is 4.87. The molecule has 5 N–H and O–H groups in total. The molecule has 1 aromatic carbocycles. The summed E-state index contributed by atoms with van der Waals surface area (Å²) in [4.78, 5) is 16.4. The van der Waals surface area contributed by atoms with Gasteiger partial charge in [0.25, 0.3) is 5.91 Å². The van der Waals surface area contributed by atoms with Gasteiger partial charge >= 0.3 is 0 Å². The lowest BCUT2D eigenvalue weighted by atomic mass is 10.1. The second kappa shape index (κ2) is 7.42. The standard InChI is InChI=1S/C16H20N4O2/c1-11-4-5-14(22-8-6-17)13(9-11)16(21)20-10-12-3-2-7-19-15(12)18/h2-5,7,9H,6,8,10,17H2,1H3,(H2,18,19)(H,20,21). The maximum absolute atomic E-state index is 12.4. The minimum Gasteiger partial charge on any atom is -0.491 e. The summed E-state index contributed by atoms with van der Waals surface area (Å²) in [6.07, 6.45) is 1.61. The number of carbonyl (C=O) groups excluding carboxylic acids is 1. The molecule has 1 amide bonds. The molecule has 2 rings (SSSR count). The molecule has 6 heteroatoms. The Bertz CT molecular complexity index is 658. The quantitative estimate of drug-likeness (QED) is 0.744. The van der Waals surface area contributed by atoms with Gasteiger partial charge in [-0.3, -0.25) is 4.79 Å². The highest BCUT2D eigenvalue weighted by molar-refractivity contribution is 5.97. The zero-order valence-corrected chi connectivity index (χ0v) is 12.5. The number of nitrogen functional groups attached to an aromatic ring is 1. The van der Waals surface area contributed by atoms with Gasteiger partial charge in [-0.05, 0) is 25.1 Å². The largest absolute Gasteiger partial charge is 0.491 e. The summed E-state index contributed by atoms with van der Waals surface area (Å²) in [5, 5.41) is 2.83. The van der Waals surface area contributed by atoms with Crippen molar-refractivity contribution in [2.75, 3.05) is 18.9 Å². The smallest absolute Gasteiger partial charge is 0.255 e. The molecule has 0 spiro atoms. The van der Waals surface area contributed by atoms with E-state index in [1.807, 2.05) is 19.1 Å². The Morgan fingerprint density at radius 3 is 2.91 bits per heavy atom. The molecule has 0 saturated heterocycles. The van der Waals surface area contributed by atoms with E-state index in [1.54, 1.807) is 24.4 Å². The predicted molar refractivity (Wildman–Crippen MR) is 85.5 cm³/mol. The maximum atomic E-state index is 12.4. The van der Waals surface area contributed by atoms with Gasteiger partial charge in [0.15, 0.2) is 0 Å². The minimum atomic E-state index is -0.223. The Balaban J connectivity index is 2.11. The van der Waals surface area contributed by atoms with E-state index < -0.39 is 0 Å². The minimum absolute atomic E-state index is 0.223. The molecular formula is C16H20N4O2. The van der Waals surface area contributed by atoms with Crippen LogP contribution < -0.4 is 21.5 Å². The van der Waals surface area contributed by atoms with Gasteiger partial charge in [0.2, 0.25) is 0 Å². The van der Waals surface area contributed by atoms with E-state index in [2.05, 4.69) is 10.3 Å². The lowest BCUT2D eigenvalue weighted by molar-refractivity contribution is 0.0947. The van der Waals surface area contributed by atoms with Gasteiger partial charge in [-0.1, -0.05) is 17.7 Å². The molecule has 0 fully saturated rings. The lowest BCUT2D eigenvalue weighted by Crippen LogP contribution is -2.24. The number of nitrogens with zero attached hydrogens (tertiary/aromatic N) is 1. The molecule has 0 bridgehead atoms. The van der Waals surface area contributed by atoms with Crippen LogP contribution in [0, 0.1) is 6.92 Å². The Morgan fingerprint density at radius 2 is 2.18 bits per heavy atom. The fraction of sp³-hybridized carbons (Fsp3) is 0.250. The summed E-state index contributed by atoms with van der Waals surface area (Å²) in [6, 6.07) is 9.05. The van der Waals surface area contributed by atoms with Crippen LogP contribution in [0.15, 0.2) is 36.5 Å². The first-order valence-electron chi connectivity index (χ1n) is 7.03. The Kier molecular flexibility index (Phi) is 5.32. The van der Waals surface area contributed by atoms with Crippen molar-refractivity contribution < 1.29 is 9.53 Å². The molecule has 1 heterocycles. The normalized spacial score (nSPS) is 10.3. The van der Waals surface area contributed by atoms with Crippen LogP contribution >= 0.6 is 0 Å². The van der Waals surface area contributed by atoms with Crippen LogP contribution in [-0.2, 0) is 6.54 Å². The Hall–Kier alpha value is -2.60. The molecule has 0 saturated carbocycles. The number of ether oxygens (including phenoxy) is 1. The fourth-order valence-corrected chi connectivity index (χ4v) is 1.99. The van der Waals surface area contributed by atoms with Crippen LogP contribution in [0.4, 0.5) is 5.82 Å². The molecule has 116 valence electrons. The van der Waals surface area contributed by atoms with Crippen molar-refractivity contribution in [3.63, 3.8) is 0 Å². The zero-order valence-electron chi connectivity index (χ0n) is 12.5. The van der Waals surface area contributed by atoms with Crippen molar-refractivity contribution in [3.05, 3.63) is 53.2 Å². The van der Waals surface area contributed by atoms with E-state index in [-0.39, 0.29) is 5.91 Å². The number of aryl methyl sites for hydroxylation is 1. The van der Waals surface area contributed by atoms with Gasteiger partial charge in [-0.2, -0.15) is 0 Å². The van der Waals surface area contributed by atoms with E-state index in [9.17, 15) is 4.79 Å². The molecule has 0 radical (unpaired) electrons. The van der Waals surface area contributed by atoms with E-state index >= 15 is 0 Å². The third-order valence-electron chi connectivity index (χ3n) is 3.12. The number of nitrogens with two attached hydrogens (primary N) is 2. The summed E-state index contributed by atoms with van der Waals surface area (Å²) in [5.41, 5.74) is 13.4. The number of carbonyl (C=O) groups is 1. The molecule has 2 aromatic rings. The summed E-state index contributed by atoms with van der Waals surface area (Å²) in [7, 11) is 0. The molecule has 0 aliphatic heterocycles. The Morgan fingerprint density at radius 1 is 1.36 bits per heavy atom. The van der Waals surface area contributed by atoms with Gasteiger partial charge in [-0.15, -0.1) is 0 Å². The molecule has 0 atom stereocenters. The van der Waals surface area contributed by atoms with Crippen LogP contribution in [0.25, 0.3) is 0 Å². The van der Waals surface area contributed by atoms with Crippen LogP contribution in [0.3, 0.4) is 0 Å². The number of amides is 1. The first kappa shape index (κ1) is 15.8. The third-order valence-corrected chi connectivity index (χ3v) is 3.12. The van der Waals surface area contributed by atoms with Crippen LogP contribution in [0.5, 0.6) is 5.75 Å². The monoisotopic (exact) mass is 300 g/mol. The van der Waals surface area contributed by atoms with E-state index in [1.165, 1.54) is 0 Å². The average molecular weight is 300 g/mol. The van der Waals surface area contributed by atoms with Gasteiger partial charge in [0.1, 0.15) is 18.2 Å². The van der Waals surface area contributed by atoms with Crippen molar-refractivity contribution >= 4 is 11.7 Å². The van der Waals surface area contributed by atoms with Crippen molar-refractivity contribution in [1.82, 2.24) is 10.3 Å². The number of nitrogens with one attached hydrogen (secondary N) is 1. The Labute approximate surface area is 129 Å². The molecular weight excluding hydrogens is 280 g/mol. The van der Waals surface area contributed by atoms with Crippen LogP contribution in [0.2, 0.25) is 0 Å². The van der Waals surface area contributed by atoms with Gasteiger partial charge in [-0.25, -0.2) is 4.98 Å². The van der Waals surface area contributed by atoms with Crippen molar-refractivity contribution in [3.8, 4) is 5.75 Å². The van der Waals surface area contributed by atoms with Crippen LogP contribution in [-0.4, -0.2) is 24.0 Å². The summed E-state index contributed by atoms with van der Waals surface area (Å²) < 4.78 is 5.52. The predicted octanol–water partition coefficient (Wildman–Crippen LogP) is 1.24. The van der Waals surface area contributed by atoms with Crippen molar-refractivity contribution in [1.29, 1.82) is 0 Å². The molecule has 1 aromatic heterocycles. The lowest BCUT2D eigenvalue weighted by Gasteiger charge is -2.12.